The van der Waals surface area contributed by atoms with Crippen LogP contribution in [-0.2, 0) is 12.7 Å². The SMILES string of the molecule is O=[N+]([O-])c1cc(C(F)(F)F)ccc1NCc1ccc(Cl)cc1. The quantitative estimate of drug-likeness (QED) is 0.642. The molecule has 0 unspecified atom stereocenters. The third-order valence-corrected chi connectivity index (χ3v) is 3.17. The second-order valence-electron chi connectivity index (χ2n) is 4.47. The van der Waals surface area contributed by atoms with Crippen LogP contribution in [0.1, 0.15) is 11.1 Å². The highest BCUT2D eigenvalue weighted by molar-refractivity contribution is 6.30. The average molecular weight is 331 g/mol. The van der Waals surface area contributed by atoms with E-state index in [1.54, 1.807) is 24.3 Å². The zero-order valence-corrected chi connectivity index (χ0v) is 11.8. The number of nitrogens with one attached hydrogen (secondary N) is 1. The second kappa shape index (κ2) is 6.23. The predicted octanol–water partition coefficient (Wildman–Crippen LogP) is 4.88. The number of rotatable bonds is 4. The molecule has 0 aromatic heterocycles. The molecule has 0 saturated carbocycles. The van der Waals surface area contributed by atoms with E-state index < -0.39 is 22.4 Å². The predicted molar refractivity (Wildman–Crippen MR) is 76.9 cm³/mol. The van der Waals surface area contributed by atoms with Crippen LogP contribution in [0.3, 0.4) is 0 Å². The fourth-order valence-electron chi connectivity index (χ4n) is 1.81. The first-order valence-corrected chi connectivity index (χ1v) is 6.49. The zero-order chi connectivity index (χ0) is 16.3. The molecule has 0 saturated heterocycles. The first kappa shape index (κ1) is 16.1. The van der Waals surface area contributed by atoms with Gasteiger partial charge in [0.05, 0.1) is 10.5 Å². The van der Waals surface area contributed by atoms with Crippen LogP contribution in [0.2, 0.25) is 5.02 Å². The summed E-state index contributed by atoms with van der Waals surface area (Å²) in [5.41, 5.74) is -0.869. The largest absolute Gasteiger partial charge is 0.416 e. The number of benzene rings is 2. The lowest BCUT2D eigenvalue weighted by Gasteiger charge is -2.10. The zero-order valence-electron chi connectivity index (χ0n) is 11.0. The number of halogens is 4. The van der Waals surface area contributed by atoms with Gasteiger partial charge in [0.15, 0.2) is 0 Å². The van der Waals surface area contributed by atoms with Crippen molar-refractivity contribution >= 4 is 23.0 Å². The molecule has 116 valence electrons. The molecule has 2 aromatic carbocycles. The topological polar surface area (TPSA) is 55.2 Å². The lowest BCUT2D eigenvalue weighted by atomic mass is 10.1. The molecule has 0 aliphatic rings. The summed E-state index contributed by atoms with van der Waals surface area (Å²) in [5.74, 6) is 0. The van der Waals surface area contributed by atoms with Gasteiger partial charge in [0.1, 0.15) is 5.69 Å². The molecule has 1 N–H and O–H groups in total. The van der Waals surface area contributed by atoms with Gasteiger partial charge in [-0.2, -0.15) is 13.2 Å². The van der Waals surface area contributed by atoms with E-state index >= 15 is 0 Å². The maximum atomic E-state index is 12.6. The van der Waals surface area contributed by atoms with Crippen LogP contribution >= 0.6 is 11.6 Å². The Bertz CT molecular complexity index is 687. The van der Waals surface area contributed by atoms with E-state index in [0.717, 1.165) is 17.7 Å². The van der Waals surface area contributed by atoms with Gasteiger partial charge in [-0.3, -0.25) is 10.1 Å². The Kier molecular flexibility index (Phi) is 4.56. The van der Waals surface area contributed by atoms with Crippen molar-refractivity contribution in [2.75, 3.05) is 5.32 Å². The summed E-state index contributed by atoms with van der Waals surface area (Å²) < 4.78 is 37.8. The van der Waals surface area contributed by atoms with E-state index in [-0.39, 0.29) is 12.2 Å². The van der Waals surface area contributed by atoms with E-state index in [9.17, 15) is 23.3 Å². The third kappa shape index (κ3) is 3.88. The molecule has 22 heavy (non-hydrogen) atoms. The Labute approximate surface area is 128 Å². The lowest BCUT2D eigenvalue weighted by Crippen LogP contribution is -2.08. The Morgan fingerprint density at radius 1 is 1.14 bits per heavy atom. The molecule has 0 aliphatic heterocycles. The highest BCUT2D eigenvalue weighted by atomic mass is 35.5. The van der Waals surface area contributed by atoms with Gasteiger partial charge < -0.3 is 5.32 Å². The van der Waals surface area contributed by atoms with Crippen molar-refractivity contribution < 1.29 is 18.1 Å². The van der Waals surface area contributed by atoms with Gasteiger partial charge in [0.25, 0.3) is 5.69 Å². The van der Waals surface area contributed by atoms with Gasteiger partial charge in [-0.05, 0) is 29.8 Å². The minimum absolute atomic E-state index is 0.0212. The van der Waals surface area contributed by atoms with Crippen LogP contribution in [0.15, 0.2) is 42.5 Å². The number of nitro groups is 1. The first-order chi connectivity index (χ1) is 10.3. The van der Waals surface area contributed by atoms with Crippen LogP contribution < -0.4 is 5.32 Å². The van der Waals surface area contributed by atoms with Crippen molar-refractivity contribution in [2.24, 2.45) is 0 Å². The van der Waals surface area contributed by atoms with Gasteiger partial charge in [-0.25, -0.2) is 0 Å². The number of alkyl halides is 3. The maximum Gasteiger partial charge on any atom is 0.416 e. The van der Waals surface area contributed by atoms with Gasteiger partial charge in [0.2, 0.25) is 0 Å². The standard InChI is InChI=1S/C14H10ClF3N2O2/c15-11-4-1-9(2-5-11)8-19-12-6-3-10(14(16,17)18)7-13(12)20(21)22/h1-7,19H,8H2. The summed E-state index contributed by atoms with van der Waals surface area (Å²) in [5, 5.41) is 14.2. The molecular weight excluding hydrogens is 321 g/mol. The maximum absolute atomic E-state index is 12.6. The summed E-state index contributed by atoms with van der Waals surface area (Å²) in [4.78, 5) is 10.1. The first-order valence-electron chi connectivity index (χ1n) is 6.11. The molecule has 0 atom stereocenters. The molecule has 0 fully saturated rings. The molecule has 8 heteroatoms. The van der Waals surface area contributed by atoms with E-state index in [2.05, 4.69) is 5.32 Å². The summed E-state index contributed by atoms with van der Waals surface area (Å²) >= 11 is 5.74. The molecule has 0 amide bonds. The second-order valence-corrected chi connectivity index (χ2v) is 4.90. The molecule has 4 nitrogen and oxygen atoms in total. The Balaban J connectivity index is 2.23. The molecule has 0 spiro atoms. The van der Waals surface area contributed by atoms with E-state index in [1.165, 1.54) is 0 Å². The smallest absolute Gasteiger partial charge is 0.375 e. The van der Waals surface area contributed by atoms with Crippen LogP contribution in [0.4, 0.5) is 24.5 Å². The number of hydrogen-bond acceptors (Lipinski definition) is 3. The van der Waals surface area contributed by atoms with Crippen molar-refractivity contribution in [3.8, 4) is 0 Å². The van der Waals surface area contributed by atoms with Crippen LogP contribution in [-0.4, -0.2) is 4.92 Å². The van der Waals surface area contributed by atoms with E-state index in [4.69, 9.17) is 11.6 Å². The molecule has 2 rings (SSSR count). The summed E-state index contributed by atoms with van der Waals surface area (Å²) in [6.07, 6.45) is -4.63. The Hall–Kier alpha value is -2.28. The van der Waals surface area contributed by atoms with Gasteiger partial charge in [-0.15, -0.1) is 0 Å². The minimum atomic E-state index is -4.63. The number of anilines is 1. The number of nitro benzene ring substituents is 1. The number of hydrogen-bond donors (Lipinski definition) is 1. The lowest BCUT2D eigenvalue weighted by molar-refractivity contribution is -0.384. The summed E-state index contributed by atoms with van der Waals surface area (Å²) in [7, 11) is 0. The minimum Gasteiger partial charge on any atom is -0.375 e. The van der Waals surface area contributed by atoms with Crippen LogP contribution in [0, 0.1) is 10.1 Å². The van der Waals surface area contributed by atoms with Crippen molar-refractivity contribution in [1.29, 1.82) is 0 Å². The molecule has 0 radical (unpaired) electrons. The Morgan fingerprint density at radius 3 is 2.32 bits per heavy atom. The monoisotopic (exact) mass is 330 g/mol. The van der Waals surface area contributed by atoms with Gasteiger partial charge in [-0.1, -0.05) is 23.7 Å². The number of nitrogens with zero attached hydrogens (tertiary/aromatic N) is 1. The van der Waals surface area contributed by atoms with Crippen LogP contribution in [0.25, 0.3) is 0 Å². The summed E-state index contributed by atoms with van der Waals surface area (Å²) in [6.45, 7) is 0.226. The normalized spacial score (nSPS) is 11.3. The molecular formula is C14H10ClF3N2O2. The highest BCUT2D eigenvalue weighted by Crippen LogP contribution is 2.35. The molecule has 0 heterocycles. The highest BCUT2D eigenvalue weighted by Gasteiger charge is 2.32. The van der Waals surface area contributed by atoms with Gasteiger partial charge in [0, 0.05) is 17.6 Å². The van der Waals surface area contributed by atoms with Crippen molar-refractivity contribution in [3.05, 3.63) is 68.7 Å². The van der Waals surface area contributed by atoms with Crippen molar-refractivity contribution in [1.82, 2.24) is 0 Å². The van der Waals surface area contributed by atoms with Crippen LogP contribution in [0.5, 0.6) is 0 Å². The fourth-order valence-corrected chi connectivity index (χ4v) is 1.93. The Morgan fingerprint density at radius 2 is 1.77 bits per heavy atom. The molecule has 0 bridgehead atoms. The average Bonchev–Trinajstić information content (AvgIpc) is 2.45. The van der Waals surface area contributed by atoms with Crippen molar-refractivity contribution in [3.63, 3.8) is 0 Å². The molecule has 0 aliphatic carbocycles. The van der Waals surface area contributed by atoms with Gasteiger partial charge >= 0.3 is 6.18 Å². The van der Waals surface area contributed by atoms with Crippen molar-refractivity contribution in [2.45, 2.75) is 12.7 Å². The summed E-state index contributed by atoms with van der Waals surface area (Å²) in [6, 6.07) is 9.11. The third-order valence-electron chi connectivity index (χ3n) is 2.92. The van der Waals surface area contributed by atoms with E-state index in [1.807, 2.05) is 0 Å². The van der Waals surface area contributed by atoms with E-state index in [0.29, 0.717) is 11.1 Å². The fraction of sp³-hybridized carbons (Fsp3) is 0.143. The molecule has 2 aromatic rings.